The van der Waals surface area contributed by atoms with Crippen LogP contribution in [0.15, 0.2) is 218 Å². The molecule has 0 atom stereocenters. The number of rotatable bonds is 6. The Kier molecular flexibility index (Phi) is 7.80. The van der Waals surface area contributed by atoms with E-state index in [-0.39, 0.29) is 0 Å². The largest absolute Gasteiger partial charge is 0.309 e. The summed E-state index contributed by atoms with van der Waals surface area (Å²) in [5.74, 6) is 1.73. The predicted octanol–water partition coefficient (Wildman–Crippen LogP) is 14.2. The van der Waals surface area contributed by atoms with Gasteiger partial charge in [0.15, 0.2) is 11.6 Å². The molecule has 0 saturated heterocycles. The first kappa shape index (κ1) is 35.2. The van der Waals surface area contributed by atoms with Crippen LogP contribution in [0.2, 0.25) is 0 Å². The molecule has 4 heterocycles. The molecular weight excluding hydrogens is 769 g/mol. The van der Waals surface area contributed by atoms with Crippen LogP contribution >= 0.6 is 0 Å². The zero-order chi connectivity index (χ0) is 41.4. The lowest BCUT2D eigenvalue weighted by atomic mass is 10.0. The standard InChI is InChI=1S/C57H36N6/c1-3-17-37(18-4-1)38-31-33-54(62-49-27-13-7-21-41(49)42-22-8-14-28-50(42)62)47(35-38)56-58-55(59-57(60-56)63-51-29-15-9-23-43(51)44-24-10-16-30-52(44)63)39-32-34-53-46(36-39)45-25-11-12-26-48(45)61(53)40-19-5-2-6-20-40/h1-36H. The first-order chi connectivity index (χ1) is 31.3. The minimum absolute atomic E-state index is 0.553. The molecular formula is C57H36N6. The minimum atomic E-state index is 0.553. The van der Waals surface area contributed by atoms with Crippen molar-refractivity contribution >= 4 is 65.4 Å². The topological polar surface area (TPSA) is 53.5 Å². The maximum atomic E-state index is 5.52. The molecule has 0 unspecified atom stereocenters. The molecule has 6 heteroatoms. The average Bonchev–Trinajstić information content (AvgIpc) is 4.00. The smallest absolute Gasteiger partial charge is 0.238 e. The molecule has 13 aromatic rings. The molecule has 0 fully saturated rings. The van der Waals surface area contributed by atoms with Crippen LogP contribution in [0.1, 0.15) is 0 Å². The maximum absolute atomic E-state index is 5.52. The van der Waals surface area contributed by atoms with Crippen LogP contribution in [-0.2, 0) is 0 Å². The third-order valence-corrected chi connectivity index (χ3v) is 12.5. The Hall–Kier alpha value is -8.61. The summed E-state index contributed by atoms with van der Waals surface area (Å²) in [6.45, 7) is 0. The molecule has 0 radical (unpaired) electrons. The van der Waals surface area contributed by atoms with Gasteiger partial charge in [-0.25, -0.2) is 4.98 Å². The highest BCUT2D eigenvalue weighted by molar-refractivity contribution is 6.12. The molecule has 63 heavy (non-hydrogen) atoms. The first-order valence-electron chi connectivity index (χ1n) is 21.3. The zero-order valence-corrected chi connectivity index (χ0v) is 34.0. The van der Waals surface area contributed by atoms with Crippen molar-refractivity contribution in [1.82, 2.24) is 28.7 Å². The van der Waals surface area contributed by atoms with Crippen molar-refractivity contribution in [2.24, 2.45) is 0 Å². The van der Waals surface area contributed by atoms with Gasteiger partial charge in [-0.2, -0.15) is 9.97 Å². The maximum Gasteiger partial charge on any atom is 0.238 e. The Morgan fingerprint density at radius 2 is 0.714 bits per heavy atom. The molecule has 0 spiro atoms. The van der Waals surface area contributed by atoms with Crippen LogP contribution in [0.3, 0.4) is 0 Å². The lowest BCUT2D eigenvalue weighted by Crippen LogP contribution is -2.08. The fourth-order valence-corrected chi connectivity index (χ4v) is 9.72. The van der Waals surface area contributed by atoms with E-state index in [0.717, 1.165) is 82.9 Å². The minimum Gasteiger partial charge on any atom is -0.309 e. The Balaban J connectivity index is 1.13. The number of para-hydroxylation sites is 6. The Bertz CT molecular complexity index is 3810. The Morgan fingerprint density at radius 3 is 1.30 bits per heavy atom. The van der Waals surface area contributed by atoms with Gasteiger partial charge in [-0.05, 0) is 83.9 Å². The molecule has 0 amide bonds. The van der Waals surface area contributed by atoms with Gasteiger partial charge in [0.2, 0.25) is 5.95 Å². The van der Waals surface area contributed by atoms with Gasteiger partial charge in [-0.15, -0.1) is 0 Å². The summed E-state index contributed by atoms with van der Waals surface area (Å²) in [5.41, 5.74) is 12.6. The molecule has 294 valence electrons. The molecule has 0 saturated carbocycles. The first-order valence-corrected chi connectivity index (χ1v) is 21.3. The quantitative estimate of drug-likeness (QED) is 0.168. The molecule has 0 aliphatic heterocycles. The molecule has 0 aliphatic rings. The van der Waals surface area contributed by atoms with Gasteiger partial charge in [-0.3, -0.25) is 4.57 Å². The van der Waals surface area contributed by atoms with E-state index in [4.69, 9.17) is 15.0 Å². The van der Waals surface area contributed by atoms with Crippen molar-refractivity contribution in [2.75, 3.05) is 0 Å². The van der Waals surface area contributed by atoms with E-state index in [1.165, 1.54) is 16.2 Å². The highest BCUT2D eigenvalue weighted by atomic mass is 15.2. The summed E-state index contributed by atoms with van der Waals surface area (Å²) < 4.78 is 6.90. The van der Waals surface area contributed by atoms with Crippen molar-refractivity contribution in [1.29, 1.82) is 0 Å². The normalized spacial score (nSPS) is 11.8. The van der Waals surface area contributed by atoms with E-state index >= 15 is 0 Å². The van der Waals surface area contributed by atoms with Crippen LogP contribution in [0.4, 0.5) is 0 Å². The van der Waals surface area contributed by atoms with Crippen molar-refractivity contribution < 1.29 is 0 Å². The second-order valence-electron chi connectivity index (χ2n) is 16.0. The summed E-state index contributed by atoms with van der Waals surface area (Å²) in [6, 6.07) is 77.3. The van der Waals surface area contributed by atoms with E-state index in [2.05, 4.69) is 232 Å². The summed E-state index contributed by atoms with van der Waals surface area (Å²) in [7, 11) is 0. The number of hydrogen-bond donors (Lipinski definition) is 0. The number of nitrogens with zero attached hydrogens (tertiary/aromatic N) is 6. The average molecular weight is 805 g/mol. The van der Waals surface area contributed by atoms with E-state index in [0.29, 0.717) is 17.6 Å². The van der Waals surface area contributed by atoms with Crippen LogP contribution in [0.5, 0.6) is 0 Å². The molecule has 9 aromatic carbocycles. The fourth-order valence-electron chi connectivity index (χ4n) is 9.72. The highest BCUT2D eigenvalue weighted by Crippen LogP contribution is 2.40. The van der Waals surface area contributed by atoms with Crippen LogP contribution in [0.25, 0.3) is 117 Å². The van der Waals surface area contributed by atoms with Gasteiger partial charge in [-0.1, -0.05) is 146 Å². The number of benzene rings is 9. The second kappa shape index (κ2) is 14.0. The van der Waals surface area contributed by atoms with Crippen LogP contribution in [0, 0.1) is 0 Å². The van der Waals surface area contributed by atoms with Gasteiger partial charge in [0, 0.05) is 49.1 Å². The fraction of sp³-hybridized carbons (Fsp3) is 0. The molecule has 13 rings (SSSR count). The third kappa shape index (κ3) is 5.48. The summed E-state index contributed by atoms with van der Waals surface area (Å²) >= 11 is 0. The molecule has 6 nitrogen and oxygen atoms in total. The number of fused-ring (bicyclic) bond motifs is 9. The molecule has 0 aliphatic carbocycles. The zero-order valence-electron chi connectivity index (χ0n) is 34.0. The molecule has 0 N–H and O–H groups in total. The van der Waals surface area contributed by atoms with Crippen molar-refractivity contribution in [3.63, 3.8) is 0 Å². The van der Waals surface area contributed by atoms with Gasteiger partial charge < -0.3 is 9.13 Å². The summed E-state index contributed by atoms with van der Waals surface area (Å²) in [4.78, 5) is 16.4. The second-order valence-corrected chi connectivity index (χ2v) is 16.0. The van der Waals surface area contributed by atoms with E-state index < -0.39 is 0 Å². The SMILES string of the molecule is c1ccc(-c2ccc(-n3c4ccccc4c4ccccc43)c(-c3nc(-c4ccc5c(c4)c4ccccc4n5-c4ccccc4)nc(-n4c5ccccc5c5ccccc54)n3)c2)cc1. The van der Waals surface area contributed by atoms with E-state index in [1.807, 2.05) is 0 Å². The van der Waals surface area contributed by atoms with E-state index in [1.54, 1.807) is 0 Å². The Labute approximate surface area is 362 Å². The van der Waals surface area contributed by atoms with Crippen molar-refractivity contribution in [3.05, 3.63) is 218 Å². The van der Waals surface area contributed by atoms with Gasteiger partial charge in [0.25, 0.3) is 0 Å². The third-order valence-electron chi connectivity index (χ3n) is 12.5. The monoisotopic (exact) mass is 804 g/mol. The van der Waals surface area contributed by atoms with Crippen molar-refractivity contribution in [3.8, 4) is 51.2 Å². The summed E-state index contributed by atoms with van der Waals surface area (Å²) in [5, 5.41) is 6.96. The van der Waals surface area contributed by atoms with Gasteiger partial charge in [0.1, 0.15) is 0 Å². The Morgan fingerprint density at radius 1 is 0.270 bits per heavy atom. The molecule has 4 aromatic heterocycles. The van der Waals surface area contributed by atoms with Crippen LogP contribution < -0.4 is 0 Å². The lowest BCUT2D eigenvalue weighted by molar-refractivity contribution is 0.952. The number of hydrogen-bond acceptors (Lipinski definition) is 3. The highest BCUT2D eigenvalue weighted by Gasteiger charge is 2.23. The predicted molar refractivity (Wildman–Crippen MR) is 259 cm³/mol. The van der Waals surface area contributed by atoms with E-state index in [9.17, 15) is 0 Å². The summed E-state index contributed by atoms with van der Waals surface area (Å²) in [6.07, 6.45) is 0. The number of aromatic nitrogens is 6. The van der Waals surface area contributed by atoms with Crippen LogP contribution in [-0.4, -0.2) is 28.7 Å². The lowest BCUT2D eigenvalue weighted by Gasteiger charge is -2.17. The van der Waals surface area contributed by atoms with Gasteiger partial charge >= 0.3 is 0 Å². The van der Waals surface area contributed by atoms with Gasteiger partial charge in [0.05, 0.1) is 38.8 Å². The molecule has 0 bridgehead atoms. The van der Waals surface area contributed by atoms with Crippen molar-refractivity contribution in [2.45, 2.75) is 0 Å².